The van der Waals surface area contributed by atoms with Gasteiger partial charge in [-0.25, -0.2) is 0 Å². The third-order valence-corrected chi connectivity index (χ3v) is 1.82. The highest BCUT2D eigenvalue weighted by Crippen LogP contribution is 2.06. The number of aliphatic hydroxyl groups excluding tert-OH is 1. The van der Waals surface area contributed by atoms with Crippen molar-refractivity contribution in [2.75, 3.05) is 0 Å². The highest BCUT2D eigenvalue weighted by Gasteiger charge is 2.05. The molecule has 0 aliphatic carbocycles. The third kappa shape index (κ3) is 10.8. The maximum absolute atomic E-state index is 10.9. The van der Waals surface area contributed by atoms with Gasteiger partial charge < -0.3 is 14.9 Å². The van der Waals surface area contributed by atoms with E-state index in [1.54, 1.807) is 0 Å². The predicted molar refractivity (Wildman–Crippen MR) is 53.1 cm³/mol. The van der Waals surface area contributed by atoms with Crippen LogP contribution in [0, 0.1) is 0 Å². The van der Waals surface area contributed by atoms with Crippen molar-refractivity contribution >= 4 is 11.9 Å². The van der Waals surface area contributed by atoms with Crippen molar-refractivity contribution in [3.05, 3.63) is 0 Å². The average molecular weight is 218 g/mol. The van der Waals surface area contributed by atoms with Crippen LogP contribution >= 0.6 is 0 Å². The molecule has 1 atom stereocenters. The van der Waals surface area contributed by atoms with Gasteiger partial charge in [0.05, 0.1) is 0 Å². The first-order chi connectivity index (χ1) is 7.02. The maximum Gasteiger partial charge on any atom is 0.308 e. The first-order valence-corrected chi connectivity index (χ1v) is 5.11. The van der Waals surface area contributed by atoms with Gasteiger partial charge in [0.15, 0.2) is 6.29 Å². The van der Waals surface area contributed by atoms with Gasteiger partial charge in [0.1, 0.15) is 0 Å². The average Bonchev–Trinajstić information content (AvgIpc) is 2.09. The fraction of sp³-hybridized carbons (Fsp3) is 0.800. The number of hydrogen-bond donors (Lipinski definition) is 2. The second kappa shape index (κ2) is 8.23. The molecule has 0 fully saturated rings. The van der Waals surface area contributed by atoms with Crippen LogP contribution in [-0.2, 0) is 14.3 Å². The Balaban J connectivity index is 3.24. The van der Waals surface area contributed by atoms with Gasteiger partial charge in [-0.3, -0.25) is 9.59 Å². The summed E-state index contributed by atoms with van der Waals surface area (Å²) in [6.45, 7) is 1.38. The van der Waals surface area contributed by atoms with E-state index in [0.29, 0.717) is 12.8 Å². The topological polar surface area (TPSA) is 83.8 Å². The van der Waals surface area contributed by atoms with E-state index in [4.69, 9.17) is 10.2 Å². The van der Waals surface area contributed by atoms with Gasteiger partial charge in [-0.15, -0.1) is 0 Å². The number of carbonyl (C=O) groups excluding carboxylic acids is 1. The molecule has 1 unspecified atom stereocenters. The lowest BCUT2D eigenvalue weighted by Gasteiger charge is -2.06. The summed E-state index contributed by atoms with van der Waals surface area (Å²) >= 11 is 0. The van der Waals surface area contributed by atoms with Crippen LogP contribution in [0.4, 0.5) is 0 Å². The summed E-state index contributed by atoms with van der Waals surface area (Å²) in [5.41, 5.74) is 0. The Kier molecular flexibility index (Phi) is 7.62. The lowest BCUT2D eigenvalue weighted by Crippen LogP contribution is -2.13. The molecule has 0 aromatic heterocycles. The lowest BCUT2D eigenvalue weighted by atomic mass is 10.1. The Bertz CT molecular complexity index is 200. The number of carboxylic acid groups (broad SMARTS) is 1. The standard InChI is InChI=1S/C10H18O5/c1-8(11)15-10(14)7-5-3-2-4-6-9(12)13/h8,11H,2-7H2,1H3,(H,12,13). The number of carbonyl (C=O) groups is 2. The van der Waals surface area contributed by atoms with Crippen LogP contribution in [0.1, 0.15) is 45.4 Å². The first kappa shape index (κ1) is 13.9. The smallest absolute Gasteiger partial charge is 0.308 e. The van der Waals surface area contributed by atoms with Crippen LogP contribution in [0.5, 0.6) is 0 Å². The number of aliphatic hydroxyl groups is 1. The fourth-order valence-corrected chi connectivity index (χ4v) is 1.15. The van der Waals surface area contributed by atoms with Gasteiger partial charge in [-0.2, -0.15) is 0 Å². The van der Waals surface area contributed by atoms with E-state index in [1.807, 2.05) is 0 Å². The van der Waals surface area contributed by atoms with E-state index in [9.17, 15) is 9.59 Å². The van der Waals surface area contributed by atoms with Gasteiger partial charge in [0.25, 0.3) is 0 Å². The normalized spacial score (nSPS) is 12.1. The van der Waals surface area contributed by atoms with Crippen LogP contribution in [-0.4, -0.2) is 28.4 Å². The van der Waals surface area contributed by atoms with Gasteiger partial charge in [0.2, 0.25) is 0 Å². The number of ether oxygens (including phenoxy) is 1. The molecule has 2 N–H and O–H groups in total. The van der Waals surface area contributed by atoms with Crippen molar-refractivity contribution in [3.8, 4) is 0 Å². The summed E-state index contributed by atoms with van der Waals surface area (Å²) in [5, 5.41) is 17.1. The molecule has 88 valence electrons. The summed E-state index contributed by atoms with van der Waals surface area (Å²) in [4.78, 5) is 21.1. The van der Waals surface area contributed by atoms with E-state index in [2.05, 4.69) is 4.74 Å². The van der Waals surface area contributed by atoms with Gasteiger partial charge >= 0.3 is 11.9 Å². The minimum absolute atomic E-state index is 0.179. The van der Waals surface area contributed by atoms with Gasteiger partial charge in [-0.1, -0.05) is 12.8 Å². The Hall–Kier alpha value is -1.10. The molecule has 0 radical (unpaired) electrons. The monoisotopic (exact) mass is 218 g/mol. The fourth-order valence-electron chi connectivity index (χ4n) is 1.15. The third-order valence-electron chi connectivity index (χ3n) is 1.82. The molecule has 5 nitrogen and oxygen atoms in total. The molecule has 0 saturated heterocycles. The second-order valence-corrected chi connectivity index (χ2v) is 3.40. The van der Waals surface area contributed by atoms with Crippen LogP contribution in [0.15, 0.2) is 0 Å². The van der Waals surface area contributed by atoms with Crippen molar-refractivity contribution in [1.82, 2.24) is 0 Å². The molecule has 0 aromatic rings. The Morgan fingerprint density at radius 3 is 2.13 bits per heavy atom. The minimum atomic E-state index is -1.05. The number of aliphatic carboxylic acids is 1. The van der Waals surface area contributed by atoms with E-state index < -0.39 is 18.2 Å². The number of esters is 1. The summed E-state index contributed by atoms with van der Waals surface area (Å²) in [6, 6.07) is 0. The molecular weight excluding hydrogens is 200 g/mol. The van der Waals surface area contributed by atoms with Crippen molar-refractivity contribution in [3.63, 3.8) is 0 Å². The molecule has 0 aliphatic heterocycles. The molecule has 0 bridgehead atoms. The van der Waals surface area contributed by atoms with Gasteiger partial charge in [0, 0.05) is 12.8 Å². The summed E-state index contributed by atoms with van der Waals surface area (Å²) < 4.78 is 4.52. The molecule has 0 amide bonds. The van der Waals surface area contributed by atoms with E-state index in [-0.39, 0.29) is 12.8 Å². The summed E-state index contributed by atoms with van der Waals surface area (Å²) in [6.07, 6.45) is 2.32. The van der Waals surface area contributed by atoms with Crippen LogP contribution in [0.3, 0.4) is 0 Å². The first-order valence-electron chi connectivity index (χ1n) is 5.11. The maximum atomic E-state index is 10.9. The predicted octanol–water partition coefficient (Wildman–Crippen LogP) is 1.29. The van der Waals surface area contributed by atoms with Crippen molar-refractivity contribution < 1.29 is 24.5 Å². The Labute approximate surface area is 89.0 Å². The number of hydrogen-bond acceptors (Lipinski definition) is 4. The highest BCUT2D eigenvalue weighted by atomic mass is 16.6. The molecule has 0 heterocycles. The van der Waals surface area contributed by atoms with E-state index in [1.165, 1.54) is 6.92 Å². The molecule has 15 heavy (non-hydrogen) atoms. The lowest BCUT2D eigenvalue weighted by molar-refractivity contribution is -0.164. The van der Waals surface area contributed by atoms with E-state index in [0.717, 1.165) is 12.8 Å². The SMILES string of the molecule is CC(O)OC(=O)CCCCCCC(=O)O. The zero-order chi connectivity index (χ0) is 11.7. The Morgan fingerprint density at radius 2 is 1.67 bits per heavy atom. The van der Waals surface area contributed by atoms with Crippen LogP contribution in [0.25, 0.3) is 0 Å². The quantitative estimate of drug-likeness (QED) is 0.364. The summed E-state index contributed by atoms with van der Waals surface area (Å²) in [7, 11) is 0. The molecule has 5 heteroatoms. The van der Waals surface area contributed by atoms with Crippen LogP contribution in [0.2, 0.25) is 0 Å². The number of rotatable bonds is 8. The highest BCUT2D eigenvalue weighted by molar-refractivity contribution is 5.69. The molecule has 0 saturated carbocycles. The minimum Gasteiger partial charge on any atom is -0.481 e. The summed E-state index contributed by atoms with van der Waals surface area (Å²) in [5.74, 6) is -1.20. The molecule has 0 aromatic carbocycles. The van der Waals surface area contributed by atoms with Crippen molar-refractivity contribution in [2.24, 2.45) is 0 Å². The second-order valence-electron chi connectivity index (χ2n) is 3.40. The zero-order valence-electron chi connectivity index (χ0n) is 8.94. The molecular formula is C10H18O5. The van der Waals surface area contributed by atoms with Crippen molar-refractivity contribution in [1.29, 1.82) is 0 Å². The van der Waals surface area contributed by atoms with E-state index >= 15 is 0 Å². The van der Waals surface area contributed by atoms with Gasteiger partial charge in [-0.05, 0) is 19.8 Å². The number of unbranched alkanes of at least 4 members (excludes halogenated alkanes) is 3. The zero-order valence-corrected chi connectivity index (χ0v) is 8.94. The molecule has 0 spiro atoms. The molecule has 0 rings (SSSR count). The largest absolute Gasteiger partial charge is 0.481 e. The van der Waals surface area contributed by atoms with Crippen LogP contribution < -0.4 is 0 Å². The Morgan fingerprint density at radius 1 is 1.13 bits per heavy atom. The molecule has 0 aliphatic rings. The van der Waals surface area contributed by atoms with Crippen molar-refractivity contribution in [2.45, 2.75) is 51.7 Å². The number of carboxylic acids is 1.